The highest BCUT2D eigenvalue weighted by Crippen LogP contribution is 2.25. The Kier molecular flexibility index (Phi) is 7.23. The summed E-state index contributed by atoms with van der Waals surface area (Å²) < 4.78 is 5.30. The number of aromatic nitrogens is 2. The summed E-state index contributed by atoms with van der Waals surface area (Å²) >= 11 is 6.18. The summed E-state index contributed by atoms with van der Waals surface area (Å²) in [5.41, 5.74) is 3.27. The summed E-state index contributed by atoms with van der Waals surface area (Å²) in [5, 5.41) is 4.62. The van der Waals surface area contributed by atoms with Crippen LogP contribution >= 0.6 is 11.6 Å². The van der Waals surface area contributed by atoms with E-state index in [2.05, 4.69) is 41.3 Å². The third-order valence-electron chi connectivity index (χ3n) is 4.52. The summed E-state index contributed by atoms with van der Waals surface area (Å²) in [6, 6.07) is 16.1. The van der Waals surface area contributed by atoms with Gasteiger partial charge in [-0.25, -0.2) is 0 Å². The molecule has 0 amide bonds. The van der Waals surface area contributed by atoms with Crippen LogP contribution < -0.4 is 0 Å². The summed E-state index contributed by atoms with van der Waals surface area (Å²) in [4.78, 5) is 4.39. The van der Waals surface area contributed by atoms with E-state index in [1.807, 2.05) is 36.4 Å². The average molecular weight is 381 g/mol. The number of hydrogen-bond acceptors (Lipinski definition) is 3. The van der Waals surface area contributed by atoms with Crippen LogP contribution in [0.2, 0.25) is 5.02 Å². The fraction of sp³-hybridized carbons (Fsp3) is 0.304. The molecule has 3 aromatic rings. The number of nitrogens with zero attached hydrogens (tertiary/aromatic N) is 2. The first kappa shape index (κ1) is 19.4. The van der Waals surface area contributed by atoms with Gasteiger partial charge in [0.25, 0.3) is 5.89 Å². The van der Waals surface area contributed by atoms with Gasteiger partial charge >= 0.3 is 0 Å². The minimum absolute atomic E-state index is 0.463. The van der Waals surface area contributed by atoms with Gasteiger partial charge in [0.15, 0.2) is 0 Å². The van der Waals surface area contributed by atoms with Crippen molar-refractivity contribution in [1.82, 2.24) is 10.1 Å². The Labute approximate surface area is 166 Å². The topological polar surface area (TPSA) is 38.9 Å². The summed E-state index contributed by atoms with van der Waals surface area (Å²) in [7, 11) is 0. The second-order valence-corrected chi connectivity index (χ2v) is 7.08. The average Bonchev–Trinajstić information content (AvgIpc) is 3.16. The van der Waals surface area contributed by atoms with Gasteiger partial charge in [0.1, 0.15) is 0 Å². The molecule has 1 aromatic heterocycles. The molecule has 4 heteroatoms. The summed E-state index contributed by atoms with van der Waals surface area (Å²) in [6.45, 7) is 2.25. The number of rotatable bonds is 9. The van der Waals surface area contributed by atoms with Crippen LogP contribution in [0.4, 0.5) is 0 Å². The quantitative estimate of drug-likeness (QED) is 0.372. The molecule has 0 radical (unpaired) electrons. The first-order valence-corrected chi connectivity index (χ1v) is 9.99. The lowest BCUT2D eigenvalue weighted by atomic mass is 10.0. The molecule has 0 unspecified atom stereocenters. The smallest absolute Gasteiger partial charge is 0.250 e. The standard InChI is InChI=1S/C23H25ClN2O/c1-2-3-4-5-6-9-18-12-14-19(15-13-18)16-17-22-25-23(26-27-22)20-10-7-8-11-21(20)24/h7-8,10-17H,2-6,9H2,1H3. The lowest BCUT2D eigenvalue weighted by Gasteiger charge is -2.02. The van der Waals surface area contributed by atoms with Crippen LogP contribution in [0.5, 0.6) is 0 Å². The predicted molar refractivity (Wildman–Crippen MR) is 113 cm³/mol. The molecular formula is C23H25ClN2O. The minimum atomic E-state index is 0.463. The largest absolute Gasteiger partial charge is 0.334 e. The highest BCUT2D eigenvalue weighted by molar-refractivity contribution is 6.33. The van der Waals surface area contributed by atoms with Crippen molar-refractivity contribution < 1.29 is 4.52 Å². The Morgan fingerprint density at radius 2 is 1.70 bits per heavy atom. The molecule has 140 valence electrons. The van der Waals surface area contributed by atoms with E-state index in [4.69, 9.17) is 16.1 Å². The second kappa shape index (κ2) is 10.1. The molecule has 0 aliphatic heterocycles. The zero-order valence-electron chi connectivity index (χ0n) is 15.7. The third kappa shape index (κ3) is 5.80. The number of halogens is 1. The Balaban J connectivity index is 1.56. The number of aryl methyl sites for hydroxylation is 1. The van der Waals surface area contributed by atoms with Crippen LogP contribution in [0.3, 0.4) is 0 Å². The van der Waals surface area contributed by atoms with Crippen molar-refractivity contribution in [3.63, 3.8) is 0 Å². The van der Waals surface area contributed by atoms with Crippen LogP contribution in [-0.4, -0.2) is 10.1 Å². The van der Waals surface area contributed by atoms with Gasteiger partial charge in [-0.2, -0.15) is 4.98 Å². The fourth-order valence-electron chi connectivity index (χ4n) is 2.95. The number of unbranched alkanes of at least 4 members (excludes halogenated alkanes) is 4. The highest BCUT2D eigenvalue weighted by atomic mass is 35.5. The predicted octanol–water partition coefficient (Wildman–Crippen LogP) is 7.07. The van der Waals surface area contributed by atoms with E-state index < -0.39 is 0 Å². The maximum atomic E-state index is 6.18. The van der Waals surface area contributed by atoms with E-state index in [1.165, 1.54) is 37.7 Å². The van der Waals surface area contributed by atoms with Gasteiger partial charge in [0.2, 0.25) is 5.82 Å². The van der Waals surface area contributed by atoms with E-state index in [0.29, 0.717) is 16.7 Å². The van der Waals surface area contributed by atoms with E-state index in [1.54, 1.807) is 0 Å². The normalized spacial score (nSPS) is 11.3. The molecule has 0 spiro atoms. The van der Waals surface area contributed by atoms with Crippen LogP contribution in [0.25, 0.3) is 23.5 Å². The fourth-order valence-corrected chi connectivity index (χ4v) is 3.17. The zero-order chi connectivity index (χ0) is 18.9. The third-order valence-corrected chi connectivity index (χ3v) is 4.85. The van der Waals surface area contributed by atoms with Gasteiger partial charge < -0.3 is 4.52 Å². The number of benzene rings is 2. The lowest BCUT2D eigenvalue weighted by Crippen LogP contribution is -1.86. The summed E-state index contributed by atoms with van der Waals surface area (Å²) in [5.74, 6) is 0.962. The monoisotopic (exact) mass is 380 g/mol. The van der Waals surface area contributed by atoms with Crippen LogP contribution in [0.1, 0.15) is 56.0 Å². The molecule has 1 heterocycles. The minimum Gasteiger partial charge on any atom is -0.334 e. The Bertz CT molecular complexity index is 868. The SMILES string of the molecule is CCCCCCCc1ccc(C=Cc2nc(-c3ccccc3Cl)no2)cc1. The van der Waals surface area contributed by atoms with Gasteiger partial charge in [-0.1, -0.05) is 85.8 Å². The van der Waals surface area contributed by atoms with Gasteiger partial charge in [0, 0.05) is 11.6 Å². The molecule has 0 N–H and O–H groups in total. The van der Waals surface area contributed by atoms with Crippen molar-refractivity contribution in [2.45, 2.75) is 45.4 Å². The maximum absolute atomic E-state index is 6.18. The molecule has 27 heavy (non-hydrogen) atoms. The lowest BCUT2D eigenvalue weighted by molar-refractivity contribution is 0.411. The van der Waals surface area contributed by atoms with Crippen molar-refractivity contribution in [3.8, 4) is 11.4 Å². The van der Waals surface area contributed by atoms with Crippen LogP contribution in [0.15, 0.2) is 53.1 Å². The molecule has 0 atom stereocenters. The van der Waals surface area contributed by atoms with Gasteiger partial charge in [-0.3, -0.25) is 0 Å². The second-order valence-electron chi connectivity index (χ2n) is 6.68. The molecule has 3 nitrogen and oxygen atoms in total. The van der Waals surface area contributed by atoms with E-state index in [0.717, 1.165) is 17.5 Å². The Morgan fingerprint density at radius 1 is 0.926 bits per heavy atom. The molecule has 0 saturated carbocycles. The van der Waals surface area contributed by atoms with E-state index in [9.17, 15) is 0 Å². The molecule has 0 bridgehead atoms. The van der Waals surface area contributed by atoms with Crippen molar-refractivity contribution in [2.75, 3.05) is 0 Å². The van der Waals surface area contributed by atoms with Crippen molar-refractivity contribution in [2.24, 2.45) is 0 Å². The Morgan fingerprint density at radius 3 is 2.48 bits per heavy atom. The first-order valence-electron chi connectivity index (χ1n) is 9.62. The molecule has 0 fully saturated rings. The zero-order valence-corrected chi connectivity index (χ0v) is 16.5. The molecule has 2 aromatic carbocycles. The van der Waals surface area contributed by atoms with Crippen molar-refractivity contribution >= 4 is 23.8 Å². The van der Waals surface area contributed by atoms with E-state index in [-0.39, 0.29) is 0 Å². The van der Waals surface area contributed by atoms with Crippen LogP contribution in [-0.2, 0) is 6.42 Å². The molecule has 0 saturated heterocycles. The molecule has 0 aliphatic carbocycles. The van der Waals surface area contributed by atoms with E-state index >= 15 is 0 Å². The van der Waals surface area contributed by atoms with Crippen molar-refractivity contribution in [3.05, 3.63) is 70.6 Å². The Hall–Kier alpha value is -2.39. The van der Waals surface area contributed by atoms with Gasteiger partial charge in [-0.15, -0.1) is 0 Å². The maximum Gasteiger partial charge on any atom is 0.250 e. The van der Waals surface area contributed by atoms with Gasteiger partial charge in [0.05, 0.1) is 5.02 Å². The highest BCUT2D eigenvalue weighted by Gasteiger charge is 2.09. The summed E-state index contributed by atoms with van der Waals surface area (Å²) in [6.07, 6.45) is 11.5. The molecular weight excluding hydrogens is 356 g/mol. The molecule has 3 rings (SSSR count). The number of hydrogen-bond donors (Lipinski definition) is 0. The van der Waals surface area contributed by atoms with Crippen molar-refractivity contribution in [1.29, 1.82) is 0 Å². The first-order chi connectivity index (χ1) is 13.3. The van der Waals surface area contributed by atoms with Crippen LogP contribution in [0, 0.1) is 0 Å². The van der Waals surface area contributed by atoms with Gasteiger partial charge in [-0.05, 0) is 42.2 Å². The molecule has 0 aliphatic rings.